The largest absolute Gasteiger partial charge is 0.506 e. The maximum atomic E-state index is 12.9. The zero-order valence-corrected chi connectivity index (χ0v) is 24.2. The van der Waals surface area contributed by atoms with Gasteiger partial charge in [-0.1, -0.05) is 46.9 Å². The molecule has 0 radical (unpaired) electrons. The van der Waals surface area contributed by atoms with E-state index in [2.05, 4.69) is 35.9 Å². The van der Waals surface area contributed by atoms with Gasteiger partial charge < -0.3 is 10.4 Å². The molecule has 1 amide bonds. The lowest BCUT2D eigenvalue weighted by Crippen LogP contribution is -2.34. The molecule has 0 aliphatic carbocycles. The molecule has 196 valence electrons. The molecule has 0 spiro atoms. The fourth-order valence-electron chi connectivity index (χ4n) is 5.02. The van der Waals surface area contributed by atoms with E-state index in [1.54, 1.807) is 24.3 Å². The number of halogens is 1. The van der Waals surface area contributed by atoms with Gasteiger partial charge in [0.25, 0.3) is 0 Å². The number of carbonyl (C=O) groups is 1. The average Bonchev–Trinajstić information content (AvgIpc) is 3.28. The van der Waals surface area contributed by atoms with Crippen LogP contribution in [-0.4, -0.2) is 23.9 Å². The van der Waals surface area contributed by atoms with Crippen molar-refractivity contribution in [2.75, 3.05) is 4.43 Å². The summed E-state index contributed by atoms with van der Waals surface area (Å²) in [7, 11) is -3.83. The predicted octanol–water partition coefficient (Wildman–Crippen LogP) is 4.83. The van der Waals surface area contributed by atoms with Gasteiger partial charge in [-0.25, -0.2) is 8.42 Å². The third kappa shape index (κ3) is 4.57. The number of pyridine rings is 1. The van der Waals surface area contributed by atoms with Gasteiger partial charge in [0.05, 0.1) is 26.4 Å². The molecule has 2 aliphatic rings. The Kier molecular flexibility index (Phi) is 6.95. The standard InChI is InChI=1S/C30H24IN3O4S/c1-30(2)23-14-19(18-33-28(35)16-31)10-11-24(23)34-13-12-20(15-27(30)34)21(17-32)6-5-9-26-29(36)22-7-3-4-8-25(22)39(26,37)38/h3-15H,16,18H2,1-2H3,(H,33,35)/p+1. The molecule has 1 aromatic heterocycles. The highest BCUT2D eigenvalue weighted by atomic mass is 127. The van der Waals surface area contributed by atoms with Crippen LogP contribution in [0.3, 0.4) is 0 Å². The summed E-state index contributed by atoms with van der Waals surface area (Å²) in [4.78, 5) is 11.6. The molecule has 2 aromatic carbocycles. The van der Waals surface area contributed by atoms with E-state index in [1.807, 2.05) is 53.1 Å². The highest BCUT2D eigenvalue weighted by molar-refractivity contribution is 14.1. The van der Waals surface area contributed by atoms with Crippen molar-refractivity contribution >= 4 is 49.7 Å². The topological polar surface area (TPSA) is 111 Å². The second-order valence-electron chi connectivity index (χ2n) is 9.82. The number of nitriles is 1. The number of carbonyl (C=O) groups excluding carboxylic acids is 1. The number of hydrogen-bond donors (Lipinski definition) is 2. The Morgan fingerprint density at radius 2 is 1.95 bits per heavy atom. The molecule has 7 nitrogen and oxygen atoms in total. The SMILES string of the molecule is CC1(C)c2cc(CNC(=O)CI)ccc2-[n+]2ccc(/C(C#N)=C/C=C/C3=C(O)c4ccccc4S3(=O)=O)cc21. The van der Waals surface area contributed by atoms with E-state index in [4.69, 9.17) is 0 Å². The van der Waals surface area contributed by atoms with E-state index in [-0.39, 0.29) is 32.4 Å². The summed E-state index contributed by atoms with van der Waals surface area (Å²) in [6.45, 7) is 4.70. The summed E-state index contributed by atoms with van der Waals surface area (Å²) in [5.74, 6) is -0.306. The van der Waals surface area contributed by atoms with Gasteiger partial charge in [0.2, 0.25) is 21.4 Å². The molecule has 2 aliphatic heterocycles. The lowest BCUT2D eigenvalue weighted by Gasteiger charge is -2.15. The van der Waals surface area contributed by atoms with Crippen molar-refractivity contribution in [2.45, 2.75) is 30.7 Å². The zero-order valence-electron chi connectivity index (χ0n) is 21.3. The van der Waals surface area contributed by atoms with Crippen LogP contribution in [0.1, 0.15) is 41.8 Å². The number of sulfone groups is 1. The van der Waals surface area contributed by atoms with Gasteiger partial charge in [0.1, 0.15) is 10.7 Å². The number of allylic oxidation sites excluding steroid dienone is 4. The first-order chi connectivity index (χ1) is 18.6. The number of benzene rings is 2. The van der Waals surface area contributed by atoms with Crippen LogP contribution in [-0.2, 0) is 26.6 Å². The minimum Gasteiger partial charge on any atom is -0.506 e. The van der Waals surface area contributed by atoms with Gasteiger partial charge in [-0.05, 0) is 49.8 Å². The molecule has 0 atom stereocenters. The van der Waals surface area contributed by atoms with Crippen molar-refractivity contribution in [1.82, 2.24) is 5.32 Å². The highest BCUT2D eigenvalue weighted by Crippen LogP contribution is 2.40. The van der Waals surface area contributed by atoms with Gasteiger partial charge in [-0.3, -0.25) is 4.79 Å². The first-order valence-electron chi connectivity index (χ1n) is 12.2. The van der Waals surface area contributed by atoms with Crippen molar-refractivity contribution in [3.05, 3.63) is 112 Å². The van der Waals surface area contributed by atoms with Crippen molar-refractivity contribution in [3.63, 3.8) is 0 Å². The number of aliphatic hydroxyl groups is 1. The van der Waals surface area contributed by atoms with E-state index in [0.717, 1.165) is 22.5 Å². The molecule has 3 aromatic rings. The van der Waals surface area contributed by atoms with Crippen LogP contribution in [0.2, 0.25) is 0 Å². The first-order valence-corrected chi connectivity index (χ1v) is 15.2. The molecule has 2 N–H and O–H groups in total. The number of nitrogens with zero attached hydrogens (tertiary/aromatic N) is 2. The average molecular weight is 651 g/mol. The van der Waals surface area contributed by atoms with Crippen LogP contribution < -0.4 is 9.88 Å². The molecule has 0 bridgehead atoms. The number of rotatable bonds is 6. The predicted molar refractivity (Wildman–Crippen MR) is 157 cm³/mol. The Labute approximate surface area is 240 Å². The van der Waals surface area contributed by atoms with Crippen molar-refractivity contribution < 1.29 is 22.9 Å². The maximum absolute atomic E-state index is 12.9. The van der Waals surface area contributed by atoms with E-state index >= 15 is 0 Å². The lowest BCUT2D eigenvalue weighted by molar-refractivity contribution is -0.599. The van der Waals surface area contributed by atoms with Crippen LogP contribution in [0.15, 0.2) is 88.8 Å². The quantitative estimate of drug-likeness (QED) is 0.131. The Morgan fingerprint density at radius 1 is 1.18 bits per heavy atom. The monoisotopic (exact) mass is 650 g/mol. The summed E-state index contributed by atoms with van der Waals surface area (Å²) in [5, 5.41) is 23.3. The molecule has 5 rings (SSSR count). The molecule has 0 saturated heterocycles. The molecule has 39 heavy (non-hydrogen) atoms. The van der Waals surface area contributed by atoms with Gasteiger partial charge in [-0.2, -0.15) is 9.83 Å². The van der Waals surface area contributed by atoms with Gasteiger partial charge in [0, 0.05) is 41.4 Å². The number of amides is 1. The zero-order chi connectivity index (χ0) is 27.9. The number of nitrogens with one attached hydrogen (secondary N) is 1. The smallest absolute Gasteiger partial charge is 0.230 e. The molecular formula is C30H25IN3O4S+. The molecule has 0 fully saturated rings. The summed E-state index contributed by atoms with van der Waals surface area (Å²) in [6.07, 6.45) is 6.28. The van der Waals surface area contributed by atoms with Crippen LogP contribution in [0, 0.1) is 11.3 Å². The fraction of sp³-hybridized carbons (Fsp3) is 0.167. The number of hydrogen-bond acceptors (Lipinski definition) is 5. The Hall–Kier alpha value is -3.75. The minimum absolute atomic E-state index is 0.0101. The van der Waals surface area contributed by atoms with Gasteiger partial charge >= 0.3 is 0 Å². The summed E-state index contributed by atoms with van der Waals surface area (Å²) in [6, 6.07) is 18.5. The molecule has 9 heteroatoms. The van der Waals surface area contributed by atoms with E-state index < -0.39 is 9.84 Å². The Bertz CT molecular complexity index is 1780. The van der Waals surface area contributed by atoms with Crippen LogP contribution in [0.4, 0.5) is 0 Å². The molecular weight excluding hydrogens is 625 g/mol. The maximum Gasteiger partial charge on any atom is 0.230 e. The van der Waals surface area contributed by atoms with Crippen molar-refractivity contribution in [1.29, 1.82) is 5.26 Å². The summed E-state index contributed by atoms with van der Waals surface area (Å²) >= 11 is 2.04. The number of aromatic nitrogens is 1. The van der Waals surface area contributed by atoms with Crippen molar-refractivity contribution in [3.8, 4) is 11.8 Å². The minimum atomic E-state index is -3.83. The third-order valence-corrected chi connectivity index (χ3v) is 9.63. The summed E-state index contributed by atoms with van der Waals surface area (Å²) < 4.78 is 28.2. The van der Waals surface area contributed by atoms with Crippen molar-refractivity contribution in [2.24, 2.45) is 0 Å². The number of alkyl halides is 1. The lowest BCUT2D eigenvalue weighted by atomic mass is 9.82. The van der Waals surface area contributed by atoms with Gasteiger partial charge in [-0.15, -0.1) is 0 Å². The Morgan fingerprint density at radius 3 is 2.67 bits per heavy atom. The highest BCUT2D eigenvalue weighted by Gasteiger charge is 2.44. The fourth-order valence-corrected chi connectivity index (χ4v) is 6.86. The molecule has 3 heterocycles. The Balaban J connectivity index is 1.45. The molecule has 0 saturated carbocycles. The summed E-state index contributed by atoms with van der Waals surface area (Å²) in [5.41, 5.74) is 5.15. The van der Waals surface area contributed by atoms with E-state index in [1.165, 1.54) is 18.2 Å². The van der Waals surface area contributed by atoms with Crippen LogP contribution in [0.25, 0.3) is 17.0 Å². The molecule has 0 unspecified atom stereocenters. The second-order valence-corrected chi connectivity index (χ2v) is 12.5. The van der Waals surface area contributed by atoms with Gasteiger partial charge in [0.15, 0.2) is 11.9 Å². The number of fused-ring (bicyclic) bond motifs is 4. The second kappa shape index (κ2) is 10.1. The normalized spacial score (nSPS) is 16.5. The van der Waals surface area contributed by atoms with Crippen LogP contribution >= 0.6 is 22.6 Å². The van der Waals surface area contributed by atoms with E-state index in [0.29, 0.717) is 22.1 Å². The number of aliphatic hydroxyl groups excluding tert-OH is 1. The first kappa shape index (κ1) is 26.8. The third-order valence-electron chi connectivity index (χ3n) is 7.10. The van der Waals surface area contributed by atoms with E-state index in [9.17, 15) is 23.6 Å². The van der Waals surface area contributed by atoms with Crippen LogP contribution in [0.5, 0.6) is 0 Å².